The minimum Gasteiger partial charge on any atom is -0.386 e. The molecule has 4 N–H and O–H groups in total. The lowest BCUT2D eigenvalue weighted by molar-refractivity contribution is -0.196. The summed E-state index contributed by atoms with van der Waals surface area (Å²) in [6.07, 6.45) is 1.31. The molecule has 0 aliphatic rings. The second-order valence-electron chi connectivity index (χ2n) is 6.62. The van der Waals surface area contributed by atoms with Crippen molar-refractivity contribution in [3.63, 3.8) is 0 Å². The van der Waals surface area contributed by atoms with Crippen molar-refractivity contribution in [2.45, 2.75) is 0 Å². The van der Waals surface area contributed by atoms with E-state index in [1.54, 1.807) is 106 Å². The highest BCUT2D eigenvalue weighted by molar-refractivity contribution is 8.29. The summed E-state index contributed by atoms with van der Waals surface area (Å²) in [5.41, 5.74) is 1.44. The van der Waals surface area contributed by atoms with Gasteiger partial charge in [-0.2, -0.15) is 4.89 Å². The Morgan fingerprint density at radius 1 is 0.644 bits per heavy atom. The lowest BCUT2D eigenvalue weighted by Crippen LogP contribution is -2.17. The number of carbonyl (C=O) groups excluding carboxylic acids is 2. The molecule has 0 radical (unpaired) electrons. The first-order valence-electron chi connectivity index (χ1n) is 12.1. The first-order valence-corrected chi connectivity index (χ1v) is 28.2. The molecule has 0 bridgehead atoms. The van der Waals surface area contributed by atoms with Crippen molar-refractivity contribution in [1.29, 1.82) is 0 Å². The molecule has 0 heterocycles. The van der Waals surface area contributed by atoms with Gasteiger partial charge in [-0.25, -0.2) is 4.99 Å². The van der Waals surface area contributed by atoms with Crippen molar-refractivity contribution in [3.05, 3.63) is 0 Å². The van der Waals surface area contributed by atoms with Crippen molar-refractivity contribution < 1.29 is 33.8 Å². The van der Waals surface area contributed by atoms with Gasteiger partial charge in [0.1, 0.15) is 5.94 Å². The van der Waals surface area contributed by atoms with E-state index in [1.165, 1.54) is 47.2 Å². The van der Waals surface area contributed by atoms with Crippen LogP contribution in [0.2, 0.25) is 0 Å². The Labute approximate surface area is 324 Å². The normalized spacial score (nSPS) is 12.2. The summed E-state index contributed by atoms with van der Waals surface area (Å²) in [5.74, 6) is 2.71. The van der Waals surface area contributed by atoms with E-state index in [-0.39, 0.29) is 22.4 Å². The lowest BCUT2D eigenvalue weighted by Gasteiger charge is -2.05. The van der Waals surface area contributed by atoms with E-state index in [4.69, 9.17) is 20.0 Å². The number of carbonyl (C=O) groups is 2. The van der Waals surface area contributed by atoms with E-state index >= 15 is 0 Å². The Bertz CT molecular complexity index is 783. The Morgan fingerprint density at radius 2 is 1.16 bits per heavy atom. The summed E-state index contributed by atoms with van der Waals surface area (Å²) in [7, 11) is -1.13. The fraction of sp³-hybridized carbons (Fsp3) is 0.800. The van der Waals surface area contributed by atoms with Gasteiger partial charge in [0.15, 0.2) is 0 Å². The van der Waals surface area contributed by atoms with Crippen LogP contribution in [0, 0.1) is 0 Å². The van der Waals surface area contributed by atoms with E-state index in [2.05, 4.69) is 20.6 Å². The monoisotopic (exact) mass is 894 g/mol. The van der Waals surface area contributed by atoms with Gasteiger partial charge < -0.3 is 25.7 Å². The van der Waals surface area contributed by atoms with Gasteiger partial charge >= 0.3 is 0 Å². The van der Waals surface area contributed by atoms with Crippen LogP contribution in [-0.2, 0) is 20.6 Å². The number of thioether (sulfide) groups is 13. The molecule has 0 rings (SSSR count). The molecule has 0 aromatic rings. The number of aliphatic hydroxyl groups is 2. The number of hydrogen-bond acceptors (Lipinski definition) is 22. The third kappa shape index (κ3) is 41.0. The SMILES string of the molecule is O=C(NCSCSCSCN=COOCSCSCSCSC(=O)NCSCSCSCN=CS(=O)CSCO)SCSCO. The highest BCUT2D eigenvalue weighted by atomic mass is 32.3. The van der Waals surface area contributed by atoms with Crippen molar-refractivity contribution >= 4 is 186 Å². The molecule has 1 unspecified atom stereocenters. The molecule has 0 fully saturated rings. The van der Waals surface area contributed by atoms with Gasteiger partial charge in [0.05, 0.1) is 61.9 Å². The molecule has 0 aromatic carbocycles. The third-order valence-electron chi connectivity index (χ3n) is 3.41. The highest BCUT2D eigenvalue weighted by Crippen LogP contribution is 2.22. The summed E-state index contributed by atoms with van der Waals surface area (Å²) in [5, 5.41) is 29.9. The lowest BCUT2D eigenvalue weighted by atomic mass is 11.2. The van der Waals surface area contributed by atoms with E-state index in [9.17, 15) is 13.8 Å². The van der Waals surface area contributed by atoms with Crippen LogP contribution in [0.25, 0.3) is 0 Å². The molecule has 11 nitrogen and oxygen atoms in total. The predicted octanol–water partition coefficient (Wildman–Crippen LogP) is 7.00. The molecule has 0 aromatic heterocycles. The number of amides is 2. The average molecular weight is 895 g/mol. The summed E-state index contributed by atoms with van der Waals surface area (Å²) >= 11 is 20.2. The molecule has 264 valence electrons. The smallest absolute Gasteiger partial charge is 0.280 e. The van der Waals surface area contributed by atoms with Gasteiger partial charge in [-0.15, -0.1) is 129 Å². The van der Waals surface area contributed by atoms with Crippen LogP contribution in [0.3, 0.4) is 0 Å². The molecule has 2 amide bonds. The fourth-order valence-electron chi connectivity index (χ4n) is 1.75. The maximum absolute atomic E-state index is 11.9. The maximum atomic E-state index is 11.9. The molecule has 0 saturated heterocycles. The molecule has 0 saturated carbocycles. The molecule has 1 atom stereocenters. The number of aliphatic hydroxyl groups excluding tert-OH is 2. The number of rotatable bonds is 33. The standard InChI is InChI=1S/C20H38N4O7S14/c25-7-36-16-43-19(27)23-4-34-12-39-10-32-2-21-1-30-31-9-38-14-41-15-42-17-44-20(28)24-5-35-13-40-11-33-3-22-6-45(29)18-37-8-26/h1,6,25-26H,2-5,7-18H2,(H,23,27)(H,24,28). The van der Waals surface area contributed by atoms with Gasteiger partial charge in [-0.3, -0.25) is 18.8 Å². The minimum atomic E-state index is -1.13. The zero-order chi connectivity index (χ0) is 32.9. The zero-order valence-corrected chi connectivity index (χ0v) is 35.4. The van der Waals surface area contributed by atoms with Crippen LogP contribution in [0.4, 0.5) is 9.59 Å². The number of aliphatic imine (C=N–C) groups is 2. The van der Waals surface area contributed by atoms with Crippen LogP contribution < -0.4 is 10.6 Å². The second kappa shape index (κ2) is 41.1. The Kier molecular flexibility index (Phi) is 43.5. The number of nitrogens with one attached hydrogen (secondary N) is 2. The molecule has 45 heavy (non-hydrogen) atoms. The van der Waals surface area contributed by atoms with Crippen molar-refractivity contribution in [2.75, 3.05) is 87.1 Å². The average Bonchev–Trinajstić information content (AvgIpc) is 3.03. The number of nitrogens with zero attached hydrogens (tertiary/aromatic N) is 2. The van der Waals surface area contributed by atoms with Crippen molar-refractivity contribution in [2.24, 2.45) is 9.98 Å². The Hall–Kier alpha value is 2.66. The van der Waals surface area contributed by atoms with Gasteiger partial charge in [0, 0.05) is 35.6 Å². The van der Waals surface area contributed by atoms with Gasteiger partial charge in [0.2, 0.25) is 6.40 Å². The van der Waals surface area contributed by atoms with Gasteiger partial charge in [0.25, 0.3) is 10.5 Å². The molecule has 0 aliphatic heterocycles. The minimum absolute atomic E-state index is 0.0123. The highest BCUT2D eigenvalue weighted by Gasteiger charge is 2.03. The van der Waals surface area contributed by atoms with E-state index in [1.807, 2.05) is 0 Å². The molecule has 25 heteroatoms. The van der Waals surface area contributed by atoms with Crippen LogP contribution in [-0.4, -0.2) is 124 Å². The third-order valence-corrected chi connectivity index (χ3v) is 18.5. The quantitative estimate of drug-likeness (QED) is 0.0133. The number of hydrogen-bond donors (Lipinski definition) is 4. The molecular formula is C20H38N4O7S14. The van der Waals surface area contributed by atoms with E-state index in [0.29, 0.717) is 44.7 Å². The summed E-state index contributed by atoms with van der Waals surface area (Å²) in [6.45, 7) is 0. The molecule has 0 aliphatic carbocycles. The first kappa shape index (κ1) is 47.7. The summed E-state index contributed by atoms with van der Waals surface area (Å²) < 4.78 is 11.5. The van der Waals surface area contributed by atoms with Crippen molar-refractivity contribution in [1.82, 2.24) is 10.6 Å². The molecule has 0 spiro atoms. The van der Waals surface area contributed by atoms with Crippen LogP contribution in [0.15, 0.2) is 9.98 Å². The Balaban J connectivity index is 3.28. The van der Waals surface area contributed by atoms with Gasteiger partial charge in [-0.1, -0.05) is 23.5 Å². The summed E-state index contributed by atoms with van der Waals surface area (Å²) in [6, 6.07) is 0. The largest absolute Gasteiger partial charge is 0.386 e. The van der Waals surface area contributed by atoms with Gasteiger partial charge in [-0.05, 0) is 0 Å². The van der Waals surface area contributed by atoms with E-state index < -0.39 is 10.8 Å². The summed E-state index contributed by atoms with van der Waals surface area (Å²) in [4.78, 5) is 41.6. The van der Waals surface area contributed by atoms with Crippen LogP contribution in [0.1, 0.15) is 0 Å². The predicted molar refractivity (Wildman–Crippen MR) is 225 cm³/mol. The second-order valence-corrected chi connectivity index (χ2v) is 23.7. The Morgan fingerprint density at radius 3 is 1.78 bits per heavy atom. The van der Waals surface area contributed by atoms with Crippen LogP contribution >= 0.6 is 153 Å². The molecular weight excluding hydrogens is 857 g/mol. The maximum Gasteiger partial charge on any atom is 0.280 e. The topological polar surface area (TPSA) is 159 Å². The fourth-order valence-corrected chi connectivity index (χ4v) is 14.5. The van der Waals surface area contributed by atoms with Crippen molar-refractivity contribution in [3.8, 4) is 0 Å². The van der Waals surface area contributed by atoms with E-state index in [0.717, 1.165) is 42.3 Å². The van der Waals surface area contributed by atoms with Crippen LogP contribution in [0.5, 0.6) is 0 Å². The first-order chi connectivity index (χ1) is 22.1. The zero-order valence-electron chi connectivity index (χ0n) is 24.0.